The third kappa shape index (κ3) is 7.85. The predicted octanol–water partition coefficient (Wildman–Crippen LogP) is 5.36. The number of nitrogens with one attached hydrogen (secondary N) is 1. The summed E-state index contributed by atoms with van der Waals surface area (Å²) in [5.41, 5.74) is 3.01. The van der Waals surface area contributed by atoms with Gasteiger partial charge < -0.3 is 10.2 Å². The smallest absolute Gasteiger partial charge is 0.264 e. The Morgan fingerprint density at radius 1 is 0.762 bits per heavy atom. The van der Waals surface area contributed by atoms with Gasteiger partial charge in [0.15, 0.2) is 0 Å². The second kappa shape index (κ2) is 14.5. The summed E-state index contributed by atoms with van der Waals surface area (Å²) in [7, 11) is -4.11. The lowest BCUT2D eigenvalue weighted by atomic mass is 10.0. The van der Waals surface area contributed by atoms with E-state index in [2.05, 4.69) is 5.32 Å². The largest absolute Gasteiger partial charge is 0.354 e. The molecule has 4 aromatic carbocycles. The standard InChI is InChI=1S/C34H37N3O4S/c1-3-23-35-34(39)32(24-28-13-7-4-8-14-28)36(25-29-15-9-5-10-16-29)33(38)26-37(30-17-11-6-12-18-30)42(40,41)31-21-19-27(2)20-22-31/h4-22,32H,3,23-26H2,1-2H3,(H,35,39)/t32-/m0/s1. The van der Waals surface area contributed by atoms with Crippen molar-refractivity contribution in [3.05, 3.63) is 132 Å². The molecule has 7 nitrogen and oxygen atoms in total. The fraction of sp³-hybridized carbons (Fsp3) is 0.235. The Hall–Kier alpha value is -4.43. The van der Waals surface area contributed by atoms with Crippen LogP contribution in [0.15, 0.2) is 120 Å². The molecule has 42 heavy (non-hydrogen) atoms. The first-order chi connectivity index (χ1) is 20.3. The van der Waals surface area contributed by atoms with Crippen molar-refractivity contribution < 1.29 is 18.0 Å². The minimum absolute atomic E-state index is 0.0842. The van der Waals surface area contributed by atoms with Gasteiger partial charge in [-0.1, -0.05) is 103 Å². The van der Waals surface area contributed by atoms with Gasteiger partial charge in [0.05, 0.1) is 10.6 Å². The van der Waals surface area contributed by atoms with E-state index in [1.54, 1.807) is 54.6 Å². The Morgan fingerprint density at radius 2 is 1.31 bits per heavy atom. The van der Waals surface area contributed by atoms with Gasteiger partial charge in [-0.25, -0.2) is 8.42 Å². The van der Waals surface area contributed by atoms with Gasteiger partial charge in [-0.3, -0.25) is 13.9 Å². The molecule has 0 aromatic heterocycles. The number of amides is 2. The van der Waals surface area contributed by atoms with E-state index < -0.39 is 28.5 Å². The average molecular weight is 584 g/mol. The molecule has 0 aliphatic rings. The molecule has 0 spiro atoms. The van der Waals surface area contributed by atoms with Crippen molar-refractivity contribution in [2.45, 2.75) is 44.2 Å². The Labute approximate surface area is 248 Å². The zero-order valence-electron chi connectivity index (χ0n) is 24.0. The maximum absolute atomic E-state index is 14.3. The van der Waals surface area contributed by atoms with E-state index in [1.165, 1.54) is 4.90 Å². The average Bonchev–Trinajstić information content (AvgIpc) is 3.01. The van der Waals surface area contributed by atoms with Crippen molar-refractivity contribution in [2.75, 3.05) is 17.4 Å². The molecule has 1 atom stereocenters. The van der Waals surface area contributed by atoms with Crippen molar-refractivity contribution in [1.29, 1.82) is 0 Å². The number of benzene rings is 4. The van der Waals surface area contributed by atoms with E-state index in [1.807, 2.05) is 74.5 Å². The number of hydrogen-bond donors (Lipinski definition) is 1. The molecule has 0 heterocycles. The van der Waals surface area contributed by atoms with E-state index in [4.69, 9.17) is 0 Å². The van der Waals surface area contributed by atoms with E-state index in [-0.39, 0.29) is 23.8 Å². The highest BCUT2D eigenvalue weighted by Crippen LogP contribution is 2.25. The second-order valence-electron chi connectivity index (χ2n) is 10.2. The van der Waals surface area contributed by atoms with Crippen LogP contribution in [0.3, 0.4) is 0 Å². The monoisotopic (exact) mass is 583 g/mol. The number of carbonyl (C=O) groups is 2. The summed E-state index contributed by atoms with van der Waals surface area (Å²) in [4.78, 5) is 29.5. The number of hydrogen-bond acceptors (Lipinski definition) is 4. The fourth-order valence-corrected chi connectivity index (χ4v) is 6.07. The van der Waals surface area contributed by atoms with Crippen molar-refractivity contribution in [2.24, 2.45) is 0 Å². The molecule has 4 aromatic rings. The van der Waals surface area contributed by atoms with E-state index in [9.17, 15) is 18.0 Å². The number of rotatable bonds is 13. The highest BCUT2D eigenvalue weighted by Gasteiger charge is 2.34. The molecule has 0 aliphatic carbocycles. The molecule has 0 saturated heterocycles. The molecule has 1 N–H and O–H groups in total. The van der Waals surface area contributed by atoms with Gasteiger partial charge in [0.2, 0.25) is 11.8 Å². The Balaban J connectivity index is 1.76. The number of sulfonamides is 1. The molecule has 0 aliphatic heterocycles. The molecule has 0 saturated carbocycles. The van der Waals surface area contributed by atoms with Crippen LogP contribution in [0.2, 0.25) is 0 Å². The number of nitrogens with zero attached hydrogens (tertiary/aromatic N) is 2. The zero-order valence-corrected chi connectivity index (χ0v) is 24.8. The van der Waals surface area contributed by atoms with Crippen LogP contribution in [0.1, 0.15) is 30.0 Å². The Bertz CT molecular complexity index is 1550. The van der Waals surface area contributed by atoms with E-state index in [0.29, 0.717) is 12.2 Å². The van der Waals surface area contributed by atoms with Gasteiger partial charge in [0.25, 0.3) is 10.0 Å². The minimum Gasteiger partial charge on any atom is -0.354 e. The van der Waals surface area contributed by atoms with Gasteiger partial charge in [-0.05, 0) is 48.7 Å². The van der Waals surface area contributed by atoms with Crippen molar-refractivity contribution in [1.82, 2.24) is 10.2 Å². The van der Waals surface area contributed by atoms with Gasteiger partial charge in [0, 0.05) is 19.5 Å². The first-order valence-corrected chi connectivity index (χ1v) is 15.5. The number of carbonyl (C=O) groups excluding carboxylic acids is 2. The lowest BCUT2D eigenvalue weighted by molar-refractivity contribution is -0.140. The third-order valence-electron chi connectivity index (χ3n) is 6.95. The maximum atomic E-state index is 14.3. The number of aryl methyl sites for hydroxylation is 1. The lowest BCUT2D eigenvalue weighted by Crippen LogP contribution is -2.53. The van der Waals surface area contributed by atoms with Crippen LogP contribution < -0.4 is 9.62 Å². The summed E-state index contributed by atoms with van der Waals surface area (Å²) >= 11 is 0. The van der Waals surface area contributed by atoms with Crippen LogP contribution in [0.4, 0.5) is 5.69 Å². The molecular formula is C34H37N3O4S. The Morgan fingerprint density at radius 3 is 1.88 bits per heavy atom. The maximum Gasteiger partial charge on any atom is 0.264 e. The van der Waals surface area contributed by atoms with Gasteiger partial charge in [-0.2, -0.15) is 0 Å². The van der Waals surface area contributed by atoms with Crippen LogP contribution in [0.25, 0.3) is 0 Å². The summed E-state index contributed by atoms with van der Waals surface area (Å²) in [5.74, 6) is -0.761. The van der Waals surface area contributed by atoms with Gasteiger partial charge >= 0.3 is 0 Å². The summed E-state index contributed by atoms with van der Waals surface area (Å²) in [6.07, 6.45) is 1.03. The van der Waals surface area contributed by atoms with Crippen LogP contribution >= 0.6 is 0 Å². The highest BCUT2D eigenvalue weighted by molar-refractivity contribution is 7.92. The summed E-state index contributed by atoms with van der Waals surface area (Å²) in [5, 5.41) is 2.96. The van der Waals surface area contributed by atoms with Gasteiger partial charge in [-0.15, -0.1) is 0 Å². The van der Waals surface area contributed by atoms with Crippen molar-refractivity contribution in [3.63, 3.8) is 0 Å². The van der Waals surface area contributed by atoms with Crippen molar-refractivity contribution >= 4 is 27.5 Å². The first-order valence-electron chi connectivity index (χ1n) is 14.1. The first kappa shape index (κ1) is 30.5. The molecule has 8 heteroatoms. The predicted molar refractivity (Wildman–Crippen MR) is 166 cm³/mol. The van der Waals surface area contributed by atoms with E-state index in [0.717, 1.165) is 27.4 Å². The molecule has 0 unspecified atom stereocenters. The van der Waals surface area contributed by atoms with Crippen LogP contribution in [0, 0.1) is 6.92 Å². The number of anilines is 1. The molecule has 218 valence electrons. The lowest BCUT2D eigenvalue weighted by Gasteiger charge is -2.34. The normalized spacial score (nSPS) is 11.9. The van der Waals surface area contributed by atoms with Crippen LogP contribution in [0.5, 0.6) is 0 Å². The zero-order chi connectivity index (χ0) is 30.0. The molecule has 0 fully saturated rings. The minimum atomic E-state index is -4.11. The Kier molecular flexibility index (Phi) is 10.5. The molecule has 2 amide bonds. The van der Waals surface area contributed by atoms with Crippen LogP contribution in [-0.2, 0) is 32.6 Å². The second-order valence-corrected chi connectivity index (χ2v) is 12.0. The summed E-state index contributed by atoms with van der Waals surface area (Å²) in [6.45, 7) is 3.98. The van der Waals surface area contributed by atoms with E-state index >= 15 is 0 Å². The van der Waals surface area contributed by atoms with Crippen molar-refractivity contribution in [3.8, 4) is 0 Å². The number of para-hydroxylation sites is 1. The van der Waals surface area contributed by atoms with Crippen LogP contribution in [-0.4, -0.2) is 44.3 Å². The van der Waals surface area contributed by atoms with Gasteiger partial charge in [0.1, 0.15) is 12.6 Å². The molecule has 4 rings (SSSR count). The molecule has 0 radical (unpaired) electrons. The highest BCUT2D eigenvalue weighted by atomic mass is 32.2. The molecule has 0 bridgehead atoms. The topological polar surface area (TPSA) is 86.8 Å². The quantitative estimate of drug-likeness (QED) is 0.230. The summed E-state index contributed by atoms with van der Waals surface area (Å²) in [6, 6.07) is 33.2. The fourth-order valence-electron chi connectivity index (χ4n) is 4.66. The SMILES string of the molecule is CCCNC(=O)[C@H](Cc1ccccc1)N(Cc1ccccc1)C(=O)CN(c1ccccc1)S(=O)(=O)c1ccc(C)cc1. The summed E-state index contributed by atoms with van der Waals surface area (Å²) < 4.78 is 29.1. The molecular weight excluding hydrogens is 546 g/mol. The third-order valence-corrected chi connectivity index (χ3v) is 8.74.